The number of hydroxylamine groups is 2. The molecule has 0 aromatic rings. The highest BCUT2D eigenvalue weighted by Crippen LogP contribution is 2.12. The van der Waals surface area contributed by atoms with E-state index in [2.05, 4.69) is 4.84 Å². The van der Waals surface area contributed by atoms with E-state index in [-0.39, 0.29) is 64.0 Å². The van der Waals surface area contributed by atoms with Gasteiger partial charge in [-0.1, -0.05) is 0 Å². The van der Waals surface area contributed by atoms with Crippen LogP contribution in [-0.2, 0) is 38.3 Å². The molecule has 2 aliphatic rings. The Morgan fingerprint density at radius 2 is 1.44 bits per heavy atom. The minimum atomic E-state index is -0.733. The van der Waals surface area contributed by atoms with E-state index in [9.17, 15) is 24.0 Å². The predicted molar refractivity (Wildman–Crippen MR) is 79.3 cm³/mol. The van der Waals surface area contributed by atoms with Gasteiger partial charge in [-0.15, -0.1) is 5.06 Å². The van der Waals surface area contributed by atoms with Crippen molar-refractivity contribution in [2.24, 2.45) is 0 Å². The lowest BCUT2D eigenvalue weighted by Crippen LogP contribution is -2.33. The van der Waals surface area contributed by atoms with Gasteiger partial charge in [0.1, 0.15) is 0 Å². The van der Waals surface area contributed by atoms with Crippen molar-refractivity contribution in [3.63, 3.8) is 0 Å². The molecular weight excluding hydrogens is 336 g/mol. The van der Waals surface area contributed by atoms with E-state index >= 15 is 0 Å². The largest absolute Gasteiger partial charge is 0.378 e. The van der Waals surface area contributed by atoms with Crippen molar-refractivity contribution < 1.29 is 38.3 Å². The summed E-state index contributed by atoms with van der Waals surface area (Å²) in [5.41, 5.74) is 0. The Bertz CT molecular complexity index is 566. The highest BCUT2D eigenvalue weighted by Gasteiger charge is 2.32. The van der Waals surface area contributed by atoms with Crippen molar-refractivity contribution in [1.29, 1.82) is 0 Å². The van der Waals surface area contributed by atoms with Crippen LogP contribution in [0.25, 0.3) is 0 Å². The minimum Gasteiger partial charge on any atom is -0.378 e. The van der Waals surface area contributed by atoms with Crippen molar-refractivity contribution >= 4 is 29.6 Å². The molecule has 2 aliphatic heterocycles. The van der Waals surface area contributed by atoms with Gasteiger partial charge in [-0.25, -0.2) is 4.79 Å². The summed E-state index contributed by atoms with van der Waals surface area (Å²) in [5.74, 6) is -2.52. The molecule has 0 aliphatic carbocycles. The molecular formula is C15H18N2O8. The maximum Gasteiger partial charge on any atom is 0.335 e. The third kappa shape index (κ3) is 5.47. The fourth-order valence-corrected chi connectivity index (χ4v) is 2.09. The fourth-order valence-electron chi connectivity index (χ4n) is 2.09. The topological polar surface area (TPSA) is 120 Å². The Kier molecular flexibility index (Phi) is 6.78. The number of nitrogens with zero attached hydrogens (tertiary/aromatic N) is 2. The van der Waals surface area contributed by atoms with E-state index in [4.69, 9.17) is 9.47 Å². The van der Waals surface area contributed by atoms with Crippen molar-refractivity contribution in [3.8, 4) is 0 Å². The lowest BCUT2D eigenvalue weighted by atomic mass is 10.4. The molecule has 2 rings (SSSR count). The summed E-state index contributed by atoms with van der Waals surface area (Å²) >= 11 is 0. The van der Waals surface area contributed by atoms with Crippen LogP contribution in [0.5, 0.6) is 0 Å². The van der Waals surface area contributed by atoms with Gasteiger partial charge in [0.05, 0.1) is 39.4 Å². The summed E-state index contributed by atoms with van der Waals surface area (Å²) in [5, 5.41) is 0.487. The monoisotopic (exact) mass is 354 g/mol. The van der Waals surface area contributed by atoms with Crippen molar-refractivity contribution in [1.82, 2.24) is 9.96 Å². The average molecular weight is 354 g/mol. The maximum absolute atomic E-state index is 11.5. The van der Waals surface area contributed by atoms with Gasteiger partial charge in [-0.05, 0) is 0 Å². The number of hydrogen-bond acceptors (Lipinski definition) is 8. The van der Waals surface area contributed by atoms with E-state index in [1.807, 2.05) is 0 Å². The molecule has 1 fully saturated rings. The third-order valence-corrected chi connectivity index (χ3v) is 3.38. The van der Waals surface area contributed by atoms with Gasteiger partial charge < -0.3 is 14.3 Å². The molecule has 0 saturated carbocycles. The molecule has 0 atom stereocenters. The average Bonchev–Trinajstić information content (AvgIpc) is 3.06. The summed E-state index contributed by atoms with van der Waals surface area (Å²) in [6.07, 6.45) is 2.39. The number of imide groups is 2. The van der Waals surface area contributed by atoms with Crippen molar-refractivity contribution in [2.45, 2.75) is 19.3 Å². The molecule has 10 nitrogen and oxygen atoms in total. The second kappa shape index (κ2) is 9.04. The van der Waals surface area contributed by atoms with Crippen molar-refractivity contribution in [3.05, 3.63) is 12.2 Å². The first kappa shape index (κ1) is 18.7. The van der Waals surface area contributed by atoms with Gasteiger partial charge in [0.15, 0.2) is 0 Å². The van der Waals surface area contributed by atoms with Crippen LogP contribution in [0.3, 0.4) is 0 Å². The number of amides is 4. The second-order valence-electron chi connectivity index (χ2n) is 5.18. The molecule has 0 N–H and O–H groups in total. The Morgan fingerprint density at radius 1 is 0.880 bits per heavy atom. The summed E-state index contributed by atoms with van der Waals surface area (Å²) in [4.78, 5) is 62.3. The van der Waals surface area contributed by atoms with Gasteiger partial charge in [0, 0.05) is 25.0 Å². The SMILES string of the molecule is O=C(CCOCCOCCN1C(=O)C=CC1=O)ON1C(=O)CCC1=O. The lowest BCUT2D eigenvalue weighted by Gasteiger charge is -2.14. The number of carbonyl (C=O) groups is 5. The van der Waals surface area contributed by atoms with Gasteiger partial charge in [0.25, 0.3) is 23.6 Å². The maximum atomic E-state index is 11.5. The second-order valence-corrected chi connectivity index (χ2v) is 5.18. The molecule has 25 heavy (non-hydrogen) atoms. The Balaban J connectivity index is 1.46. The number of ether oxygens (including phenoxy) is 2. The zero-order chi connectivity index (χ0) is 18.2. The molecule has 0 bridgehead atoms. The lowest BCUT2D eigenvalue weighted by molar-refractivity contribution is -0.198. The first-order chi connectivity index (χ1) is 12.0. The highest BCUT2D eigenvalue weighted by atomic mass is 16.7. The molecule has 10 heteroatoms. The molecule has 0 aromatic carbocycles. The fraction of sp³-hybridized carbons (Fsp3) is 0.533. The van der Waals surface area contributed by atoms with Crippen LogP contribution in [0, 0.1) is 0 Å². The van der Waals surface area contributed by atoms with Gasteiger partial charge in [-0.3, -0.25) is 24.1 Å². The standard InChI is InChI=1S/C15H18N2O8/c18-11-1-2-12(19)16(11)6-8-24-10-9-23-7-5-15(22)25-17-13(20)3-4-14(17)21/h1-2H,3-10H2. The van der Waals surface area contributed by atoms with Crippen LogP contribution >= 0.6 is 0 Å². The first-order valence-electron chi connectivity index (χ1n) is 7.74. The smallest absolute Gasteiger partial charge is 0.335 e. The Labute approximate surface area is 143 Å². The number of hydrogen-bond donors (Lipinski definition) is 0. The van der Waals surface area contributed by atoms with Crippen LogP contribution in [0.4, 0.5) is 0 Å². The molecule has 4 amide bonds. The van der Waals surface area contributed by atoms with Crippen LogP contribution < -0.4 is 0 Å². The molecule has 0 spiro atoms. The van der Waals surface area contributed by atoms with E-state index < -0.39 is 17.8 Å². The highest BCUT2D eigenvalue weighted by molar-refractivity contribution is 6.12. The number of rotatable bonds is 10. The van der Waals surface area contributed by atoms with Crippen LogP contribution in [0.2, 0.25) is 0 Å². The van der Waals surface area contributed by atoms with E-state index in [1.54, 1.807) is 0 Å². The zero-order valence-corrected chi connectivity index (χ0v) is 13.5. The minimum absolute atomic E-state index is 0.0463. The summed E-state index contributed by atoms with van der Waals surface area (Å²) in [7, 11) is 0. The van der Waals surface area contributed by atoms with Gasteiger partial charge in [-0.2, -0.15) is 0 Å². The van der Waals surface area contributed by atoms with Crippen LogP contribution in [0.15, 0.2) is 12.2 Å². The quantitative estimate of drug-likeness (QED) is 0.360. The molecule has 0 unspecified atom stereocenters. The van der Waals surface area contributed by atoms with E-state index in [0.29, 0.717) is 5.06 Å². The normalized spacial score (nSPS) is 17.1. The molecule has 136 valence electrons. The van der Waals surface area contributed by atoms with Crippen molar-refractivity contribution in [2.75, 3.05) is 33.0 Å². The van der Waals surface area contributed by atoms with E-state index in [0.717, 1.165) is 4.90 Å². The predicted octanol–water partition coefficient (Wildman–Crippen LogP) is -1.06. The van der Waals surface area contributed by atoms with Crippen LogP contribution in [-0.4, -0.2) is 72.5 Å². The number of carbonyl (C=O) groups excluding carboxylic acids is 5. The summed E-state index contributed by atoms with van der Waals surface area (Å²) < 4.78 is 10.4. The third-order valence-electron chi connectivity index (χ3n) is 3.38. The molecule has 0 aromatic heterocycles. The first-order valence-corrected chi connectivity index (χ1v) is 7.74. The van der Waals surface area contributed by atoms with E-state index in [1.165, 1.54) is 12.2 Å². The van der Waals surface area contributed by atoms with Crippen LogP contribution in [0.1, 0.15) is 19.3 Å². The summed E-state index contributed by atoms with van der Waals surface area (Å²) in [6.45, 7) is 0.820. The molecule has 0 radical (unpaired) electrons. The van der Waals surface area contributed by atoms with Gasteiger partial charge >= 0.3 is 5.97 Å². The van der Waals surface area contributed by atoms with Gasteiger partial charge in [0.2, 0.25) is 0 Å². The Hall–Kier alpha value is -2.59. The molecule has 2 heterocycles. The zero-order valence-electron chi connectivity index (χ0n) is 13.5. The Morgan fingerprint density at radius 3 is 2.04 bits per heavy atom. The summed E-state index contributed by atoms with van der Waals surface area (Å²) in [6, 6.07) is 0. The molecule has 1 saturated heterocycles.